The Kier molecular flexibility index (Phi) is 5.35. The molecule has 0 amide bonds. The molecule has 62 valence electrons. The van der Waals surface area contributed by atoms with E-state index in [2.05, 4.69) is 17.6 Å². The van der Waals surface area contributed by atoms with Crippen LogP contribution in [0.5, 0.6) is 0 Å². The summed E-state index contributed by atoms with van der Waals surface area (Å²) in [5, 5.41) is 0. The van der Waals surface area contributed by atoms with Gasteiger partial charge in [0.1, 0.15) is 0 Å². The fraction of sp³-hybridized carbons (Fsp3) is 0.167. The molecular formula is C6H5F3KNS. The molecule has 0 radical (unpaired) electrons. The second-order valence-electron chi connectivity index (χ2n) is 1.87. The van der Waals surface area contributed by atoms with Crippen molar-refractivity contribution in [3.63, 3.8) is 0 Å². The molecule has 1 nitrogen and oxygen atoms in total. The van der Waals surface area contributed by atoms with Gasteiger partial charge in [0, 0.05) is 11.1 Å². The van der Waals surface area contributed by atoms with Crippen molar-refractivity contribution in [2.45, 2.75) is 11.1 Å². The number of halogens is 3. The van der Waals surface area contributed by atoms with Crippen LogP contribution in [-0.2, 0) is 6.18 Å². The van der Waals surface area contributed by atoms with E-state index in [0.29, 0.717) is 0 Å². The van der Waals surface area contributed by atoms with Crippen molar-refractivity contribution in [3.05, 3.63) is 24.0 Å². The minimum absolute atomic E-state index is 0. The maximum absolute atomic E-state index is 11.9. The Hall–Kier alpha value is 0.926. The Morgan fingerprint density at radius 1 is 1.33 bits per heavy atom. The normalized spacial score (nSPS) is 10.7. The Balaban J connectivity index is 0.00000121. The van der Waals surface area contributed by atoms with Crippen LogP contribution in [0.25, 0.3) is 0 Å². The van der Waals surface area contributed by atoms with Crippen LogP contribution in [0.3, 0.4) is 0 Å². The van der Waals surface area contributed by atoms with Crippen molar-refractivity contribution in [3.8, 4) is 0 Å². The summed E-state index contributed by atoms with van der Waals surface area (Å²) in [5.41, 5.74) is -0.941. The quantitative estimate of drug-likeness (QED) is 0.518. The van der Waals surface area contributed by atoms with E-state index in [9.17, 15) is 13.2 Å². The number of pyridine rings is 1. The van der Waals surface area contributed by atoms with Crippen LogP contribution in [0, 0.1) is 0 Å². The fourth-order valence-corrected chi connectivity index (χ4v) is 0.886. The fourth-order valence-electron chi connectivity index (χ4n) is 0.615. The predicted octanol–water partition coefficient (Wildman–Crippen LogP) is 1.74. The maximum atomic E-state index is 11.9. The number of nitrogens with zero attached hydrogens (tertiary/aromatic N) is 1. The van der Waals surface area contributed by atoms with Crippen molar-refractivity contribution < 1.29 is 13.2 Å². The standard InChI is InChI=1S/C6H4F3NS.K.H/c7-6(8,9)5-4(11)2-1-3-10-5;;/h1-3,11H;;. The average Bonchev–Trinajstić information content (AvgIpc) is 1.86. The molecule has 12 heavy (non-hydrogen) atoms. The Bertz CT molecular complexity index is 263. The van der Waals surface area contributed by atoms with E-state index in [4.69, 9.17) is 0 Å². The van der Waals surface area contributed by atoms with Gasteiger partial charge in [0.05, 0.1) is 0 Å². The number of alkyl halides is 3. The van der Waals surface area contributed by atoms with Gasteiger partial charge in [-0.05, 0) is 12.1 Å². The summed E-state index contributed by atoms with van der Waals surface area (Å²) in [6.45, 7) is 0. The number of aromatic nitrogens is 1. The van der Waals surface area contributed by atoms with Crippen LogP contribution >= 0.6 is 12.6 Å². The first-order chi connectivity index (χ1) is 5.02. The molecule has 0 saturated carbocycles. The molecule has 6 heteroatoms. The molecule has 0 aliphatic heterocycles. The summed E-state index contributed by atoms with van der Waals surface area (Å²) in [7, 11) is 0. The molecule has 0 saturated heterocycles. The molecule has 1 heterocycles. The van der Waals surface area contributed by atoms with Gasteiger partial charge in [0.25, 0.3) is 0 Å². The molecule has 0 aromatic carbocycles. The first kappa shape index (κ1) is 12.9. The van der Waals surface area contributed by atoms with Crippen LogP contribution in [0.1, 0.15) is 5.69 Å². The molecule has 0 aliphatic carbocycles. The van der Waals surface area contributed by atoms with Crippen molar-refractivity contribution in [1.82, 2.24) is 4.98 Å². The van der Waals surface area contributed by atoms with Gasteiger partial charge >= 0.3 is 57.6 Å². The van der Waals surface area contributed by atoms with E-state index in [-0.39, 0.29) is 56.3 Å². The monoisotopic (exact) mass is 219 g/mol. The summed E-state index contributed by atoms with van der Waals surface area (Å²) >= 11 is 3.61. The molecule has 0 spiro atoms. The second kappa shape index (κ2) is 4.97. The molecule has 0 atom stereocenters. The summed E-state index contributed by atoms with van der Waals surface area (Å²) in [4.78, 5) is 3.00. The number of rotatable bonds is 0. The molecule has 0 N–H and O–H groups in total. The third-order valence-corrected chi connectivity index (χ3v) is 1.42. The number of hydrogen-bond acceptors (Lipinski definition) is 2. The molecule has 1 rings (SSSR count). The van der Waals surface area contributed by atoms with Gasteiger partial charge < -0.3 is 0 Å². The van der Waals surface area contributed by atoms with Gasteiger partial charge in [-0.15, -0.1) is 12.6 Å². The van der Waals surface area contributed by atoms with Crippen LogP contribution in [-0.4, -0.2) is 56.4 Å². The SMILES string of the molecule is FC(F)(F)c1ncccc1S.[KH]. The van der Waals surface area contributed by atoms with Gasteiger partial charge in [-0.25, -0.2) is 0 Å². The van der Waals surface area contributed by atoms with Crippen LogP contribution in [0.15, 0.2) is 23.2 Å². The van der Waals surface area contributed by atoms with E-state index in [1.54, 1.807) is 0 Å². The van der Waals surface area contributed by atoms with E-state index >= 15 is 0 Å². The first-order valence-corrected chi connectivity index (χ1v) is 3.17. The van der Waals surface area contributed by atoms with E-state index in [1.165, 1.54) is 12.1 Å². The van der Waals surface area contributed by atoms with E-state index in [1.807, 2.05) is 0 Å². The summed E-state index contributed by atoms with van der Waals surface area (Å²) in [6, 6.07) is 2.65. The van der Waals surface area contributed by atoms with Gasteiger partial charge in [0.2, 0.25) is 0 Å². The minimum atomic E-state index is -4.40. The molecule has 1 aromatic rings. The van der Waals surface area contributed by atoms with Gasteiger partial charge in [-0.2, -0.15) is 13.2 Å². The molecule has 0 unspecified atom stereocenters. The first-order valence-electron chi connectivity index (χ1n) is 2.73. The second-order valence-corrected chi connectivity index (χ2v) is 2.35. The van der Waals surface area contributed by atoms with Gasteiger partial charge in [-0.1, -0.05) is 0 Å². The average molecular weight is 219 g/mol. The van der Waals surface area contributed by atoms with Gasteiger partial charge in [-0.3, -0.25) is 4.98 Å². The van der Waals surface area contributed by atoms with E-state index < -0.39 is 11.9 Å². The summed E-state index contributed by atoms with van der Waals surface area (Å²) < 4.78 is 35.8. The summed E-state index contributed by atoms with van der Waals surface area (Å²) in [5.74, 6) is 0. The zero-order valence-electron chi connectivity index (χ0n) is 5.26. The Labute approximate surface area is 116 Å². The third kappa shape index (κ3) is 3.35. The van der Waals surface area contributed by atoms with Crippen molar-refractivity contribution >= 4 is 64.0 Å². The van der Waals surface area contributed by atoms with Crippen molar-refractivity contribution in [1.29, 1.82) is 0 Å². The topological polar surface area (TPSA) is 12.9 Å². The third-order valence-electron chi connectivity index (χ3n) is 1.05. The Morgan fingerprint density at radius 2 is 1.92 bits per heavy atom. The van der Waals surface area contributed by atoms with Crippen LogP contribution in [0.2, 0.25) is 0 Å². The van der Waals surface area contributed by atoms with E-state index in [0.717, 1.165) is 6.20 Å². The Morgan fingerprint density at radius 3 is 2.25 bits per heavy atom. The molecule has 0 bridgehead atoms. The number of thiol groups is 1. The van der Waals surface area contributed by atoms with Gasteiger partial charge in [0.15, 0.2) is 5.69 Å². The van der Waals surface area contributed by atoms with Crippen LogP contribution in [0.4, 0.5) is 13.2 Å². The molecule has 1 aromatic heterocycles. The van der Waals surface area contributed by atoms with Crippen molar-refractivity contribution in [2.24, 2.45) is 0 Å². The van der Waals surface area contributed by atoms with Crippen molar-refractivity contribution in [2.75, 3.05) is 0 Å². The predicted molar refractivity (Wildman–Crippen MR) is 43.6 cm³/mol. The zero-order chi connectivity index (χ0) is 8.48. The number of hydrogen-bond donors (Lipinski definition) is 1. The molecule has 0 fully saturated rings. The summed E-state index contributed by atoms with van der Waals surface area (Å²) in [6.07, 6.45) is -3.32. The molecule has 0 aliphatic rings. The van der Waals surface area contributed by atoms with Crippen LogP contribution < -0.4 is 0 Å². The molecular weight excluding hydrogens is 214 g/mol. The zero-order valence-corrected chi connectivity index (χ0v) is 6.15.